The standard InChI is InChI=1S/C11H20N4O/c1-8-5-12-11(3,4)7-15(8)6-10-13-9(2)14-16-10/h8,12H,5-7H2,1-4H3. The van der Waals surface area contributed by atoms with Crippen LogP contribution < -0.4 is 5.32 Å². The van der Waals surface area contributed by atoms with Gasteiger partial charge in [0.15, 0.2) is 5.82 Å². The minimum Gasteiger partial charge on any atom is -0.338 e. The number of hydrogen-bond donors (Lipinski definition) is 1. The number of nitrogens with zero attached hydrogens (tertiary/aromatic N) is 3. The molecule has 0 bridgehead atoms. The van der Waals surface area contributed by atoms with Crippen molar-refractivity contribution >= 4 is 0 Å². The highest BCUT2D eigenvalue weighted by Gasteiger charge is 2.30. The van der Waals surface area contributed by atoms with E-state index in [2.05, 4.69) is 41.1 Å². The summed E-state index contributed by atoms with van der Waals surface area (Å²) in [6, 6.07) is 0.500. The molecule has 1 fully saturated rings. The molecule has 0 spiro atoms. The van der Waals surface area contributed by atoms with Crippen LogP contribution >= 0.6 is 0 Å². The summed E-state index contributed by atoms with van der Waals surface area (Å²) in [5.41, 5.74) is 0.154. The van der Waals surface area contributed by atoms with Gasteiger partial charge >= 0.3 is 0 Å². The molecule has 5 nitrogen and oxygen atoms in total. The Bertz CT molecular complexity index is 361. The Labute approximate surface area is 96.2 Å². The fraction of sp³-hybridized carbons (Fsp3) is 0.818. The fourth-order valence-corrected chi connectivity index (χ4v) is 2.06. The van der Waals surface area contributed by atoms with Crippen LogP contribution in [0.15, 0.2) is 4.52 Å². The van der Waals surface area contributed by atoms with Gasteiger partial charge in [0, 0.05) is 24.7 Å². The van der Waals surface area contributed by atoms with Gasteiger partial charge in [0.2, 0.25) is 5.89 Å². The summed E-state index contributed by atoms with van der Waals surface area (Å²) < 4.78 is 5.16. The molecular formula is C11H20N4O. The van der Waals surface area contributed by atoms with Crippen LogP contribution in [-0.2, 0) is 6.54 Å². The van der Waals surface area contributed by atoms with Crippen LogP contribution in [0.5, 0.6) is 0 Å². The monoisotopic (exact) mass is 224 g/mol. The summed E-state index contributed by atoms with van der Waals surface area (Å²) in [6.45, 7) is 11.2. The third-order valence-electron chi connectivity index (χ3n) is 3.01. The van der Waals surface area contributed by atoms with Crippen LogP contribution in [0.25, 0.3) is 0 Å². The highest BCUT2D eigenvalue weighted by Crippen LogP contribution is 2.17. The Kier molecular flexibility index (Phi) is 2.99. The van der Waals surface area contributed by atoms with Crippen LogP contribution in [-0.4, -0.2) is 39.7 Å². The van der Waals surface area contributed by atoms with E-state index in [1.165, 1.54) is 0 Å². The quantitative estimate of drug-likeness (QED) is 0.810. The van der Waals surface area contributed by atoms with Crippen molar-refractivity contribution in [1.29, 1.82) is 0 Å². The number of aromatic nitrogens is 2. The van der Waals surface area contributed by atoms with Crippen LogP contribution in [0.2, 0.25) is 0 Å². The molecule has 16 heavy (non-hydrogen) atoms. The average molecular weight is 224 g/mol. The smallest absolute Gasteiger partial charge is 0.240 e. The van der Waals surface area contributed by atoms with Crippen LogP contribution in [0.3, 0.4) is 0 Å². The van der Waals surface area contributed by atoms with Gasteiger partial charge in [-0.2, -0.15) is 4.98 Å². The second-order valence-corrected chi connectivity index (χ2v) is 5.25. The maximum Gasteiger partial charge on any atom is 0.240 e. The molecule has 1 aromatic rings. The molecule has 1 atom stereocenters. The highest BCUT2D eigenvalue weighted by atomic mass is 16.5. The van der Waals surface area contributed by atoms with E-state index in [-0.39, 0.29) is 5.54 Å². The zero-order valence-electron chi connectivity index (χ0n) is 10.4. The molecule has 1 saturated heterocycles. The second kappa shape index (κ2) is 4.14. The SMILES string of the molecule is Cc1noc(CN2CC(C)(C)NCC2C)n1. The van der Waals surface area contributed by atoms with Crippen LogP contribution in [0.1, 0.15) is 32.5 Å². The van der Waals surface area contributed by atoms with E-state index in [4.69, 9.17) is 4.52 Å². The number of rotatable bonds is 2. The van der Waals surface area contributed by atoms with Crippen LogP contribution in [0.4, 0.5) is 0 Å². The van der Waals surface area contributed by atoms with Crippen molar-refractivity contribution in [3.63, 3.8) is 0 Å². The van der Waals surface area contributed by atoms with E-state index >= 15 is 0 Å². The normalized spacial score (nSPS) is 25.9. The first kappa shape index (κ1) is 11.5. The first-order valence-electron chi connectivity index (χ1n) is 5.74. The van der Waals surface area contributed by atoms with Crippen molar-refractivity contribution in [2.24, 2.45) is 0 Å². The summed E-state index contributed by atoms with van der Waals surface area (Å²) in [6.07, 6.45) is 0. The number of nitrogens with one attached hydrogen (secondary N) is 1. The van der Waals surface area contributed by atoms with E-state index in [1.54, 1.807) is 0 Å². The summed E-state index contributed by atoms with van der Waals surface area (Å²) in [5.74, 6) is 1.42. The van der Waals surface area contributed by atoms with E-state index in [1.807, 2.05) is 6.92 Å². The number of aryl methyl sites for hydroxylation is 1. The molecule has 0 aliphatic carbocycles. The zero-order chi connectivity index (χ0) is 11.8. The number of piperazine rings is 1. The van der Waals surface area contributed by atoms with E-state index in [0.29, 0.717) is 17.8 Å². The first-order chi connectivity index (χ1) is 7.46. The molecule has 1 aliphatic rings. The van der Waals surface area contributed by atoms with Gasteiger partial charge in [-0.05, 0) is 27.7 Å². The van der Waals surface area contributed by atoms with Gasteiger partial charge in [-0.15, -0.1) is 0 Å². The lowest BCUT2D eigenvalue weighted by Crippen LogP contribution is -2.60. The molecule has 5 heteroatoms. The highest BCUT2D eigenvalue weighted by molar-refractivity contribution is 4.93. The third-order valence-corrected chi connectivity index (χ3v) is 3.01. The molecule has 0 amide bonds. The largest absolute Gasteiger partial charge is 0.338 e. The average Bonchev–Trinajstić information content (AvgIpc) is 2.58. The van der Waals surface area contributed by atoms with Gasteiger partial charge in [0.25, 0.3) is 0 Å². The molecule has 0 radical (unpaired) electrons. The van der Waals surface area contributed by atoms with E-state index in [0.717, 1.165) is 19.6 Å². The molecule has 0 aromatic carbocycles. The van der Waals surface area contributed by atoms with Crippen LogP contribution in [0, 0.1) is 6.92 Å². The molecule has 1 N–H and O–H groups in total. The summed E-state index contributed by atoms with van der Waals surface area (Å²) in [4.78, 5) is 6.63. The van der Waals surface area contributed by atoms with E-state index in [9.17, 15) is 0 Å². The van der Waals surface area contributed by atoms with Gasteiger partial charge < -0.3 is 9.84 Å². The topological polar surface area (TPSA) is 54.2 Å². The summed E-state index contributed by atoms with van der Waals surface area (Å²) in [7, 11) is 0. The van der Waals surface area contributed by atoms with Crippen molar-refractivity contribution < 1.29 is 4.52 Å². The maximum absolute atomic E-state index is 5.16. The molecule has 90 valence electrons. The minimum absolute atomic E-state index is 0.154. The molecular weight excluding hydrogens is 204 g/mol. The van der Waals surface area contributed by atoms with Crippen molar-refractivity contribution in [2.45, 2.75) is 45.8 Å². The molecule has 2 rings (SSSR count). The van der Waals surface area contributed by atoms with Crippen molar-refractivity contribution in [3.05, 3.63) is 11.7 Å². The molecule has 0 saturated carbocycles. The lowest BCUT2D eigenvalue weighted by Gasteiger charge is -2.42. The van der Waals surface area contributed by atoms with Gasteiger partial charge in [-0.25, -0.2) is 0 Å². The minimum atomic E-state index is 0.154. The number of hydrogen-bond acceptors (Lipinski definition) is 5. The van der Waals surface area contributed by atoms with Crippen molar-refractivity contribution in [1.82, 2.24) is 20.4 Å². The molecule has 2 heterocycles. The maximum atomic E-state index is 5.16. The Morgan fingerprint density at radius 2 is 2.31 bits per heavy atom. The Morgan fingerprint density at radius 1 is 1.56 bits per heavy atom. The van der Waals surface area contributed by atoms with Gasteiger partial charge in [-0.1, -0.05) is 5.16 Å². The zero-order valence-corrected chi connectivity index (χ0v) is 10.4. The predicted octanol–water partition coefficient (Wildman–Crippen LogP) is 0.950. The molecule has 1 aromatic heterocycles. The Hall–Kier alpha value is -0.940. The Morgan fingerprint density at radius 3 is 2.94 bits per heavy atom. The molecule has 1 aliphatic heterocycles. The summed E-state index contributed by atoms with van der Waals surface area (Å²) >= 11 is 0. The lowest BCUT2D eigenvalue weighted by atomic mass is 9.99. The molecule has 1 unspecified atom stereocenters. The Balaban J connectivity index is 2.02. The second-order valence-electron chi connectivity index (χ2n) is 5.25. The van der Waals surface area contributed by atoms with Gasteiger partial charge in [0.05, 0.1) is 6.54 Å². The predicted molar refractivity (Wildman–Crippen MR) is 61.0 cm³/mol. The van der Waals surface area contributed by atoms with Gasteiger partial charge in [0.1, 0.15) is 0 Å². The lowest BCUT2D eigenvalue weighted by molar-refractivity contribution is 0.0867. The van der Waals surface area contributed by atoms with Crippen molar-refractivity contribution in [2.75, 3.05) is 13.1 Å². The van der Waals surface area contributed by atoms with E-state index < -0.39 is 0 Å². The fourth-order valence-electron chi connectivity index (χ4n) is 2.06. The van der Waals surface area contributed by atoms with Gasteiger partial charge in [-0.3, -0.25) is 4.90 Å². The van der Waals surface area contributed by atoms with Crippen molar-refractivity contribution in [3.8, 4) is 0 Å². The summed E-state index contributed by atoms with van der Waals surface area (Å²) in [5, 5.41) is 7.34. The first-order valence-corrected chi connectivity index (χ1v) is 5.74. The third kappa shape index (κ3) is 2.59.